The summed E-state index contributed by atoms with van der Waals surface area (Å²) in [5.74, 6) is -0.341. The fourth-order valence-electron chi connectivity index (χ4n) is 1.69. The number of hydrogen-bond donors (Lipinski definition) is 1. The first-order chi connectivity index (χ1) is 8.49. The highest BCUT2D eigenvalue weighted by Gasteiger charge is 2.24. The summed E-state index contributed by atoms with van der Waals surface area (Å²) < 4.78 is 17.9. The summed E-state index contributed by atoms with van der Waals surface area (Å²) in [4.78, 5) is 11.9. The van der Waals surface area contributed by atoms with E-state index in [9.17, 15) is 9.18 Å². The zero-order chi connectivity index (χ0) is 13.2. The van der Waals surface area contributed by atoms with Crippen LogP contribution in [-0.4, -0.2) is 5.91 Å². The Labute approximate surface area is 105 Å². The fraction of sp³-hybridized carbons (Fsp3) is 0.214. The number of hydrogen-bond acceptors (Lipinski definition) is 2. The molecule has 1 N–H and O–H groups in total. The molecule has 0 aliphatic rings. The molecule has 18 heavy (non-hydrogen) atoms. The summed E-state index contributed by atoms with van der Waals surface area (Å²) in [5.41, 5.74) is 0.223. The molecule has 0 atom stereocenters. The Morgan fingerprint density at radius 2 is 1.89 bits per heavy atom. The highest BCUT2D eigenvalue weighted by molar-refractivity contribution is 5.91. The normalized spacial score (nSPS) is 11.3. The first-order valence-corrected chi connectivity index (χ1v) is 5.61. The second kappa shape index (κ2) is 4.64. The summed E-state index contributed by atoms with van der Waals surface area (Å²) in [6.45, 7) is 3.70. The standard InChI is InChI=1S/C14H14FNO2/c1-14(2,10-5-7-11(15)8-6-10)16-13(17)12-4-3-9-18-12/h3-9H,1-2H3,(H,16,17). The van der Waals surface area contributed by atoms with Gasteiger partial charge in [0.25, 0.3) is 5.91 Å². The number of halogens is 1. The van der Waals surface area contributed by atoms with Gasteiger partial charge in [-0.2, -0.15) is 0 Å². The van der Waals surface area contributed by atoms with E-state index in [0.717, 1.165) is 5.56 Å². The van der Waals surface area contributed by atoms with E-state index in [0.29, 0.717) is 0 Å². The van der Waals surface area contributed by atoms with E-state index in [1.54, 1.807) is 24.3 Å². The summed E-state index contributed by atoms with van der Waals surface area (Å²) in [6.07, 6.45) is 1.44. The monoisotopic (exact) mass is 247 g/mol. The summed E-state index contributed by atoms with van der Waals surface area (Å²) in [6, 6.07) is 9.29. The number of rotatable bonds is 3. The molecule has 0 saturated heterocycles. The van der Waals surface area contributed by atoms with Crippen LogP contribution in [0.3, 0.4) is 0 Å². The van der Waals surface area contributed by atoms with E-state index >= 15 is 0 Å². The lowest BCUT2D eigenvalue weighted by Gasteiger charge is -2.26. The Morgan fingerprint density at radius 1 is 1.22 bits per heavy atom. The van der Waals surface area contributed by atoms with Crippen LogP contribution >= 0.6 is 0 Å². The van der Waals surface area contributed by atoms with Crippen LogP contribution in [0.2, 0.25) is 0 Å². The zero-order valence-electron chi connectivity index (χ0n) is 10.2. The van der Waals surface area contributed by atoms with Gasteiger partial charge in [-0.1, -0.05) is 12.1 Å². The third-order valence-corrected chi connectivity index (χ3v) is 2.74. The van der Waals surface area contributed by atoms with Gasteiger partial charge in [-0.3, -0.25) is 4.79 Å². The third-order valence-electron chi connectivity index (χ3n) is 2.74. The van der Waals surface area contributed by atoms with Crippen LogP contribution in [0.5, 0.6) is 0 Å². The first kappa shape index (κ1) is 12.4. The fourth-order valence-corrected chi connectivity index (χ4v) is 1.69. The van der Waals surface area contributed by atoms with Gasteiger partial charge in [-0.25, -0.2) is 4.39 Å². The molecular weight excluding hydrogens is 233 g/mol. The van der Waals surface area contributed by atoms with E-state index in [1.807, 2.05) is 13.8 Å². The molecule has 0 saturated carbocycles. The molecule has 0 radical (unpaired) electrons. The van der Waals surface area contributed by atoms with Crippen LogP contribution in [0.25, 0.3) is 0 Å². The van der Waals surface area contributed by atoms with Gasteiger partial charge in [0.2, 0.25) is 0 Å². The SMILES string of the molecule is CC(C)(NC(=O)c1ccco1)c1ccc(F)cc1. The van der Waals surface area contributed by atoms with E-state index < -0.39 is 5.54 Å². The van der Waals surface area contributed by atoms with Crippen LogP contribution in [0, 0.1) is 5.82 Å². The maximum Gasteiger partial charge on any atom is 0.287 e. The molecule has 0 aliphatic carbocycles. The van der Waals surface area contributed by atoms with Gasteiger partial charge < -0.3 is 9.73 Å². The van der Waals surface area contributed by atoms with Crippen LogP contribution in [0.4, 0.5) is 4.39 Å². The third kappa shape index (κ3) is 2.59. The van der Waals surface area contributed by atoms with E-state index in [1.165, 1.54) is 18.4 Å². The van der Waals surface area contributed by atoms with Gasteiger partial charge in [0.05, 0.1) is 11.8 Å². The second-order valence-electron chi connectivity index (χ2n) is 4.56. The predicted octanol–water partition coefficient (Wildman–Crippen LogP) is 3.08. The van der Waals surface area contributed by atoms with Crippen LogP contribution in [0.1, 0.15) is 30.0 Å². The van der Waals surface area contributed by atoms with Crippen molar-refractivity contribution >= 4 is 5.91 Å². The Balaban J connectivity index is 2.16. The minimum absolute atomic E-state index is 0.255. The van der Waals surface area contributed by atoms with E-state index in [4.69, 9.17) is 4.42 Å². The quantitative estimate of drug-likeness (QED) is 0.905. The topological polar surface area (TPSA) is 42.2 Å². The molecule has 1 amide bonds. The van der Waals surface area contributed by atoms with Crippen molar-refractivity contribution in [1.29, 1.82) is 0 Å². The van der Waals surface area contributed by atoms with Crippen LogP contribution in [-0.2, 0) is 5.54 Å². The smallest absolute Gasteiger partial charge is 0.287 e. The molecule has 1 aromatic heterocycles. The second-order valence-corrected chi connectivity index (χ2v) is 4.56. The number of amides is 1. The molecular formula is C14H14FNO2. The molecule has 2 aromatic rings. The van der Waals surface area contributed by atoms with Gasteiger partial charge in [0.15, 0.2) is 5.76 Å². The molecule has 94 valence electrons. The van der Waals surface area contributed by atoms with Crippen LogP contribution in [0.15, 0.2) is 47.1 Å². The van der Waals surface area contributed by atoms with Crippen molar-refractivity contribution in [2.75, 3.05) is 0 Å². The van der Waals surface area contributed by atoms with Gasteiger partial charge in [-0.05, 0) is 43.7 Å². The lowest BCUT2D eigenvalue weighted by molar-refractivity contribution is 0.0883. The van der Waals surface area contributed by atoms with Crippen LogP contribution < -0.4 is 5.32 Å². The number of carbonyl (C=O) groups is 1. The maximum absolute atomic E-state index is 12.9. The highest BCUT2D eigenvalue weighted by Crippen LogP contribution is 2.20. The summed E-state index contributed by atoms with van der Waals surface area (Å²) in [5, 5.41) is 2.84. The van der Waals surface area contributed by atoms with Gasteiger partial charge >= 0.3 is 0 Å². The molecule has 3 nitrogen and oxygen atoms in total. The van der Waals surface area contributed by atoms with Crippen molar-refractivity contribution in [2.45, 2.75) is 19.4 Å². The Bertz CT molecular complexity index is 529. The van der Waals surface area contributed by atoms with Gasteiger partial charge in [0.1, 0.15) is 5.82 Å². The molecule has 0 spiro atoms. The van der Waals surface area contributed by atoms with E-state index in [-0.39, 0.29) is 17.5 Å². The Hall–Kier alpha value is -2.10. The number of carbonyl (C=O) groups excluding carboxylic acids is 1. The lowest BCUT2D eigenvalue weighted by Crippen LogP contribution is -2.40. The summed E-state index contributed by atoms with van der Waals surface area (Å²) >= 11 is 0. The first-order valence-electron chi connectivity index (χ1n) is 5.61. The predicted molar refractivity (Wildman–Crippen MR) is 65.6 cm³/mol. The number of furan rings is 1. The molecule has 0 aliphatic heterocycles. The Morgan fingerprint density at radius 3 is 2.44 bits per heavy atom. The average Bonchev–Trinajstić information content (AvgIpc) is 2.82. The van der Waals surface area contributed by atoms with Crippen molar-refractivity contribution in [2.24, 2.45) is 0 Å². The van der Waals surface area contributed by atoms with Gasteiger partial charge in [0, 0.05) is 0 Å². The lowest BCUT2D eigenvalue weighted by atomic mass is 9.94. The average molecular weight is 247 g/mol. The van der Waals surface area contributed by atoms with Crippen molar-refractivity contribution in [3.8, 4) is 0 Å². The molecule has 0 fully saturated rings. The van der Waals surface area contributed by atoms with Gasteiger partial charge in [-0.15, -0.1) is 0 Å². The maximum atomic E-state index is 12.9. The molecule has 4 heteroatoms. The number of nitrogens with one attached hydrogen (secondary N) is 1. The van der Waals surface area contributed by atoms with Crippen molar-refractivity contribution in [1.82, 2.24) is 5.32 Å². The Kier molecular flexibility index (Phi) is 3.19. The highest BCUT2D eigenvalue weighted by atomic mass is 19.1. The molecule has 0 unspecified atom stereocenters. The van der Waals surface area contributed by atoms with Crippen molar-refractivity contribution in [3.05, 3.63) is 59.8 Å². The molecule has 1 aromatic carbocycles. The summed E-state index contributed by atoms with van der Waals surface area (Å²) in [7, 11) is 0. The zero-order valence-corrected chi connectivity index (χ0v) is 10.2. The number of benzene rings is 1. The largest absolute Gasteiger partial charge is 0.459 e. The van der Waals surface area contributed by atoms with Crippen molar-refractivity contribution < 1.29 is 13.6 Å². The molecule has 2 rings (SSSR count). The van der Waals surface area contributed by atoms with Crippen molar-refractivity contribution in [3.63, 3.8) is 0 Å². The minimum atomic E-state index is -0.600. The minimum Gasteiger partial charge on any atom is -0.459 e. The molecule has 1 heterocycles. The molecule has 0 bridgehead atoms. The van der Waals surface area contributed by atoms with E-state index in [2.05, 4.69) is 5.32 Å².